The molecule has 0 aliphatic heterocycles. The quantitative estimate of drug-likeness (QED) is 0.0803. The SMILES string of the molecule is c1cncc(-c2cccc(-c3cccc(-c4nc(-c5cccc(-c6cccc(-c7cccnc7)c6)c5)nc(-c5cccc(-c6cccc(-c7cccnc7)c6)c5)n4)c3)c2)c1.c1cncc(-c2cccc(-c3cccc(-c4nc(-c5cccc(-c6cccc(-c7cccnc7)c6)c5)nc(-c5cccc(-c6cccc(-c7cccnc7)c6)c5)n4)c3)c2)c1. The summed E-state index contributed by atoms with van der Waals surface area (Å²) >= 11 is 0. The third-order valence-electron chi connectivity index (χ3n) is 21.1. The van der Waals surface area contributed by atoms with Crippen LogP contribution in [0.25, 0.3) is 202 Å². The van der Waals surface area contributed by atoms with Gasteiger partial charge in [-0.05, 0) is 209 Å². The molecule has 0 spiro atoms. The Morgan fingerprint density at radius 2 is 0.200 bits per heavy atom. The van der Waals surface area contributed by atoms with E-state index < -0.39 is 0 Å². The van der Waals surface area contributed by atoms with Gasteiger partial charge in [-0.15, -0.1) is 0 Å². The molecule has 0 unspecified atom stereocenters. The van der Waals surface area contributed by atoms with Crippen LogP contribution < -0.4 is 0 Å². The Morgan fingerprint density at radius 3 is 0.317 bits per heavy atom. The molecule has 12 nitrogen and oxygen atoms in total. The van der Waals surface area contributed by atoms with Crippen molar-refractivity contribution in [2.45, 2.75) is 0 Å². The molecule has 120 heavy (non-hydrogen) atoms. The molecule has 0 saturated carbocycles. The van der Waals surface area contributed by atoms with Crippen LogP contribution in [-0.2, 0) is 0 Å². The minimum Gasteiger partial charge on any atom is -0.264 e. The molecule has 0 aliphatic carbocycles. The molecule has 0 atom stereocenters. The van der Waals surface area contributed by atoms with Gasteiger partial charge in [0.2, 0.25) is 0 Å². The van der Waals surface area contributed by atoms with Gasteiger partial charge in [0.15, 0.2) is 34.9 Å². The van der Waals surface area contributed by atoms with Gasteiger partial charge in [-0.25, -0.2) is 29.9 Å². The molecule has 0 amide bonds. The molecule has 0 bridgehead atoms. The number of pyridine rings is 6. The van der Waals surface area contributed by atoms with Gasteiger partial charge in [-0.3, -0.25) is 29.9 Å². The number of nitrogens with zero attached hydrogens (tertiary/aromatic N) is 12. The topological polar surface area (TPSA) is 155 Å². The van der Waals surface area contributed by atoms with E-state index >= 15 is 0 Å². The fourth-order valence-electron chi connectivity index (χ4n) is 15.0. The highest BCUT2D eigenvalue weighted by molar-refractivity contribution is 5.84. The number of rotatable bonds is 18. The van der Waals surface area contributed by atoms with Gasteiger partial charge in [0.1, 0.15) is 0 Å². The molecule has 20 aromatic rings. The number of hydrogen-bond donors (Lipinski definition) is 0. The summed E-state index contributed by atoms with van der Waals surface area (Å²) in [6.07, 6.45) is 22.1. The van der Waals surface area contributed by atoms with Crippen molar-refractivity contribution in [2.24, 2.45) is 0 Å². The number of benzene rings is 12. The molecule has 8 heterocycles. The first-order chi connectivity index (χ1) is 59.4. The van der Waals surface area contributed by atoms with Gasteiger partial charge >= 0.3 is 0 Å². The van der Waals surface area contributed by atoms with Crippen molar-refractivity contribution in [1.82, 2.24) is 59.8 Å². The van der Waals surface area contributed by atoms with Gasteiger partial charge in [0.25, 0.3) is 0 Å². The summed E-state index contributed by atoms with van der Waals surface area (Å²) in [7, 11) is 0. The highest BCUT2D eigenvalue weighted by Gasteiger charge is 2.20. The first-order valence-corrected chi connectivity index (χ1v) is 39.6. The summed E-state index contributed by atoms with van der Waals surface area (Å²) in [5.41, 5.74) is 31.3. The fourth-order valence-corrected chi connectivity index (χ4v) is 15.0. The zero-order valence-electron chi connectivity index (χ0n) is 64.9. The maximum Gasteiger partial charge on any atom is 0.164 e. The Morgan fingerprint density at radius 1 is 0.100 bits per heavy atom. The van der Waals surface area contributed by atoms with Crippen LogP contribution in [-0.4, -0.2) is 59.8 Å². The fraction of sp³-hybridized carbons (Fsp3) is 0. The van der Waals surface area contributed by atoms with E-state index in [0.29, 0.717) is 34.9 Å². The minimum absolute atomic E-state index is 0.591. The first kappa shape index (κ1) is 73.7. The van der Waals surface area contributed by atoms with Crippen LogP contribution in [0.2, 0.25) is 0 Å². The van der Waals surface area contributed by atoms with Crippen molar-refractivity contribution in [3.05, 3.63) is 438 Å². The largest absolute Gasteiger partial charge is 0.264 e. The Labute approximate surface area is 695 Å². The zero-order valence-corrected chi connectivity index (χ0v) is 64.9. The second-order valence-electron chi connectivity index (χ2n) is 29.0. The smallest absolute Gasteiger partial charge is 0.164 e. The van der Waals surface area contributed by atoms with Crippen molar-refractivity contribution in [3.8, 4) is 202 Å². The summed E-state index contributed by atoms with van der Waals surface area (Å²) in [6.45, 7) is 0. The van der Waals surface area contributed by atoms with E-state index in [0.717, 1.165) is 167 Å². The summed E-state index contributed by atoms with van der Waals surface area (Å²) in [4.78, 5) is 57.1. The lowest BCUT2D eigenvalue weighted by Crippen LogP contribution is -2.00. The van der Waals surface area contributed by atoms with E-state index in [-0.39, 0.29) is 0 Å². The van der Waals surface area contributed by atoms with Gasteiger partial charge in [-0.2, -0.15) is 0 Å². The van der Waals surface area contributed by atoms with Crippen LogP contribution in [0, 0.1) is 0 Å². The van der Waals surface area contributed by atoms with Gasteiger partial charge in [0.05, 0.1) is 0 Å². The Kier molecular flexibility index (Phi) is 21.1. The molecule has 0 saturated heterocycles. The Hall–Kier alpha value is -16.4. The third-order valence-corrected chi connectivity index (χ3v) is 21.1. The molecule has 564 valence electrons. The molecule has 0 aliphatic rings. The molecular formula is C108H72N12. The number of aromatic nitrogens is 12. The van der Waals surface area contributed by atoms with E-state index in [4.69, 9.17) is 29.9 Å². The highest BCUT2D eigenvalue weighted by atomic mass is 15.0. The average molecular weight is 1540 g/mol. The predicted octanol–water partition coefficient (Wildman–Crippen LogP) is 26.1. The second-order valence-corrected chi connectivity index (χ2v) is 29.0. The summed E-state index contributed by atoms with van der Waals surface area (Å²) < 4.78 is 0. The average Bonchev–Trinajstić information content (AvgIpc) is 0.777. The Balaban J connectivity index is 0.000000159. The maximum absolute atomic E-state index is 5.18. The number of hydrogen-bond acceptors (Lipinski definition) is 12. The van der Waals surface area contributed by atoms with Crippen LogP contribution in [0.1, 0.15) is 0 Å². The van der Waals surface area contributed by atoms with Crippen LogP contribution in [0.5, 0.6) is 0 Å². The van der Waals surface area contributed by atoms with Crippen molar-refractivity contribution >= 4 is 0 Å². The van der Waals surface area contributed by atoms with Crippen molar-refractivity contribution < 1.29 is 0 Å². The summed E-state index contributed by atoms with van der Waals surface area (Å²) in [6, 6.07) is 126. The minimum atomic E-state index is 0.591. The van der Waals surface area contributed by atoms with E-state index in [1.807, 2.05) is 73.6 Å². The first-order valence-electron chi connectivity index (χ1n) is 39.6. The van der Waals surface area contributed by atoms with Crippen molar-refractivity contribution in [1.29, 1.82) is 0 Å². The summed E-state index contributed by atoms with van der Waals surface area (Å²) in [5.74, 6) is 3.55. The standard InChI is InChI=1S/2C54H36N6/c2*1-10-37(28-43(16-1)49-22-7-25-55-34-49)40-13-4-19-46(31-40)52-58-53(47-20-5-14-41(32-47)38-11-2-17-44(29-38)50-23-8-26-56-35-50)60-54(59-52)48-21-6-15-42(33-48)39-12-3-18-45(30-39)51-24-9-27-57-36-51/h2*1-36H. The highest BCUT2D eigenvalue weighted by Crippen LogP contribution is 2.39. The molecular weight excluding hydrogens is 1470 g/mol. The lowest BCUT2D eigenvalue weighted by atomic mass is 9.98. The van der Waals surface area contributed by atoms with Gasteiger partial charge < -0.3 is 0 Å². The van der Waals surface area contributed by atoms with E-state index in [1.165, 1.54) is 0 Å². The third kappa shape index (κ3) is 16.8. The molecule has 20 rings (SSSR count). The second kappa shape index (κ2) is 34.3. The van der Waals surface area contributed by atoms with E-state index in [9.17, 15) is 0 Å². The summed E-state index contributed by atoms with van der Waals surface area (Å²) in [5, 5.41) is 0. The molecule has 8 aromatic heterocycles. The van der Waals surface area contributed by atoms with Crippen LogP contribution in [0.4, 0.5) is 0 Å². The monoisotopic (exact) mass is 1540 g/mol. The predicted molar refractivity (Wildman–Crippen MR) is 484 cm³/mol. The Bertz CT molecular complexity index is 5920. The van der Waals surface area contributed by atoms with E-state index in [1.54, 1.807) is 37.2 Å². The molecule has 0 radical (unpaired) electrons. The van der Waals surface area contributed by atoms with Crippen molar-refractivity contribution in [3.63, 3.8) is 0 Å². The van der Waals surface area contributed by atoms with Crippen LogP contribution in [0.3, 0.4) is 0 Å². The zero-order chi connectivity index (χ0) is 80.2. The molecule has 12 aromatic carbocycles. The lowest BCUT2D eigenvalue weighted by molar-refractivity contribution is 1.07. The van der Waals surface area contributed by atoms with Gasteiger partial charge in [-0.1, -0.05) is 255 Å². The van der Waals surface area contributed by atoms with Crippen LogP contribution in [0.15, 0.2) is 438 Å². The maximum atomic E-state index is 5.18. The molecule has 12 heteroatoms. The lowest BCUT2D eigenvalue weighted by Gasteiger charge is -2.12. The van der Waals surface area contributed by atoms with Crippen LogP contribution >= 0.6 is 0 Å². The molecule has 0 fully saturated rings. The van der Waals surface area contributed by atoms with Gasteiger partial charge in [0, 0.05) is 141 Å². The van der Waals surface area contributed by atoms with Crippen molar-refractivity contribution in [2.75, 3.05) is 0 Å². The normalized spacial score (nSPS) is 11.0. The molecule has 0 N–H and O–H groups in total. The van der Waals surface area contributed by atoms with E-state index in [2.05, 4.69) is 357 Å².